The fraction of sp³-hybridized carbons (Fsp3) is 0.533. The van der Waals surface area contributed by atoms with Crippen molar-refractivity contribution in [1.82, 2.24) is 14.9 Å². The van der Waals surface area contributed by atoms with E-state index in [4.69, 9.17) is 0 Å². The summed E-state index contributed by atoms with van der Waals surface area (Å²) in [5, 5.41) is 1.03. The number of nitrogens with zero attached hydrogens (tertiary/aromatic N) is 2. The molecule has 0 radical (unpaired) electrons. The molecule has 0 spiro atoms. The molecule has 1 aromatic carbocycles. The van der Waals surface area contributed by atoms with Gasteiger partial charge in [-0.05, 0) is 50.2 Å². The highest BCUT2D eigenvalue weighted by Gasteiger charge is 2.06. The Morgan fingerprint density at radius 1 is 1.16 bits per heavy atom. The van der Waals surface area contributed by atoms with E-state index in [2.05, 4.69) is 54.7 Å². The number of aryl methyl sites for hydroxylation is 2. The molecule has 104 valence electrons. The van der Waals surface area contributed by atoms with Crippen LogP contribution in [0.15, 0.2) is 17.3 Å². The van der Waals surface area contributed by atoms with Crippen molar-refractivity contribution in [2.75, 3.05) is 25.4 Å². The number of hydrogen-bond donors (Lipinski definition) is 1. The maximum Gasteiger partial charge on any atom is 0.166 e. The predicted octanol–water partition coefficient (Wildman–Crippen LogP) is 3.61. The summed E-state index contributed by atoms with van der Waals surface area (Å²) in [6.45, 7) is 12.1. The Kier molecular flexibility index (Phi) is 4.88. The number of H-pyrrole nitrogens is 1. The Morgan fingerprint density at radius 2 is 1.84 bits per heavy atom. The first-order chi connectivity index (χ1) is 9.13. The molecule has 1 heterocycles. The Morgan fingerprint density at radius 3 is 2.53 bits per heavy atom. The highest BCUT2D eigenvalue weighted by Crippen LogP contribution is 2.22. The summed E-state index contributed by atoms with van der Waals surface area (Å²) in [7, 11) is 0. The molecule has 0 unspecified atom stereocenters. The van der Waals surface area contributed by atoms with Crippen molar-refractivity contribution >= 4 is 22.8 Å². The Balaban J connectivity index is 2.02. The van der Waals surface area contributed by atoms with Crippen molar-refractivity contribution in [3.05, 3.63) is 23.3 Å². The molecule has 4 heteroatoms. The first kappa shape index (κ1) is 14.4. The minimum absolute atomic E-state index is 1.03. The summed E-state index contributed by atoms with van der Waals surface area (Å²) in [4.78, 5) is 10.5. The average molecular weight is 277 g/mol. The molecule has 0 atom stereocenters. The van der Waals surface area contributed by atoms with Crippen LogP contribution in [0.3, 0.4) is 0 Å². The number of thioether (sulfide) groups is 1. The van der Waals surface area contributed by atoms with Crippen molar-refractivity contribution in [3.63, 3.8) is 0 Å². The molecule has 19 heavy (non-hydrogen) atoms. The third-order valence-electron chi connectivity index (χ3n) is 3.62. The molecular weight excluding hydrogens is 254 g/mol. The van der Waals surface area contributed by atoms with Crippen LogP contribution in [0.4, 0.5) is 0 Å². The zero-order chi connectivity index (χ0) is 13.8. The summed E-state index contributed by atoms with van der Waals surface area (Å²) in [5.41, 5.74) is 4.84. The Hall–Kier alpha value is -1.00. The van der Waals surface area contributed by atoms with Crippen LogP contribution in [0.25, 0.3) is 11.0 Å². The fourth-order valence-corrected chi connectivity index (χ4v) is 3.01. The lowest BCUT2D eigenvalue weighted by molar-refractivity contribution is 0.324. The van der Waals surface area contributed by atoms with Crippen molar-refractivity contribution in [1.29, 1.82) is 0 Å². The number of rotatable bonds is 6. The highest BCUT2D eigenvalue weighted by atomic mass is 32.2. The van der Waals surface area contributed by atoms with Crippen molar-refractivity contribution in [2.24, 2.45) is 0 Å². The van der Waals surface area contributed by atoms with Crippen LogP contribution < -0.4 is 0 Å². The Bertz CT molecular complexity index is 505. The first-order valence-corrected chi connectivity index (χ1v) is 7.94. The van der Waals surface area contributed by atoms with E-state index in [1.54, 1.807) is 0 Å². The van der Waals surface area contributed by atoms with E-state index in [9.17, 15) is 0 Å². The standard InChI is InChI=1S/C15H23N3S/c1-5-18(6-2)7-8-19-15-16-13-9-11(3)12(4)10-14(13)17-15/h9-10H,5-8H2,1-4H3,(H,16,17). The van der Waals surface area contributed by atoms with Crippen LogP contribution in [0.1, 0.15) is 25.0 Å². The van der Waals surface area contributed by atoms with Gasteiger partial charge in [0.1, 0.15) is 0 Å². The highest BCUT2D eigenvalue weighted by molar-refractivity contribution is 7.99. The quantitative estimate of drug-likeness (QED) is 0.819. The number of nitrogens with one attached hydrogen (secondary N) is 1. The predicted molar refractivity (Wildman–Crippen MR) is 84.1 cm³/mol. The van der Waals surface area contributed by atoms with E-state index in [0.29, 0.717) is 0 Å². The number of benzene rings is 1. The summed E-state index contributed by atoms with van der Waals surface area (Å²) in [6.07, 6.45) is 0. The molecule has 2 rings (SSSR count). The smallest absolute Gasteiger partial charge is 0.166 e. The SMILES string of the molecule is CCN(CC)CCSc1nc2cc(C)c(C)cc2[nH]1. The number of fused-ring (bicyclic) bond motifs is 1. The van der Waals surface area contributed by atoms with Gasteiger partial charge < -0.3 is 9.88 Å². The van der Waals surface area contributed by atoms with Gasteiger partial charge in [0.05, 0.1) is 11.0 Å². The number of aromatic nitrogens is 2. The van der Waals surface area contributed by atoms with Crippen molar-refractivity contribution in [3.8, 4) is 0 Å². The van der Waals surface area contributed by atoms with Crippen LogP contribution >= 0.6 is 11.8 Å². The second-order valence-corrected chi connectivity index (χ2v) is 5.95. The van der Waals surface area contributed by atoms with E-state index in [1.807, 2.05) is 11.8 Å². The number of aromatic amines is 1. The van der Waals surface area contributed by atoms with E-state index >= 15 is 0 Å². The summed E-state index contributed by atoms with van der Waals surface area (Å²) >= 11 is 1.81. The van der Waals surface area contributed by atoms with Gasteiger partial charge in [-0.15, -0.1) is 0 Å². The summed E-state index contributed by atoms with van der Waals surface area (Å²) in [6, 6.07) is 4.35. The first-order valence-electron chi connectivity index (χ1n) is 6.96. The van der Waals surface area contributed by atoms with Gasteiger partial charge in [-0.3, -0.25) is 0 Å². The van der Waals surface area contributed by atoms with Crippen LogP contribution in [0.5, 0.6) is 0 Å². The maximum atomic E-state index is 4.65. The monoisotopic (exact) mass is 277 g/mol. The van der Waals surface area contributed by atoms with Gasteiger partial charge in [0.2, 0.25) is 0 Å². The van der Waals surface area contributed by atoms with Gasteiger partial charge in [0.15, 0.2) is 5.16 Å². The average Bonchev–Trinajstić information content (AvgIpc) is 2.77. The fourth-order valence-electron chi connectivity index (χ4n) is 2.13. The van der Waals surface area contributed by atoms with Gasteiger partial charge in [-0.1, -0.05) is 25.6 Å². The van der Waals surface area contributed by atoms with E-state index in [1.165, 1.54) is 11.1 Å². The summed E-state index contributed by atoms with van der Waals surface area (Å²) in [5.74, 6) is 1.08. The normalized spacial score (nSPS) is 11.6. The van der Waals surface area contributed by atoms with Crippen LogP contribution in [0.2, 0.25) is 0 Å². The maximum absolute atomic E-state index is 4.65. The minimum Gasteiger partial charge on any atom is -0.333 e. The Labute approximate surface area is 119 Å². The van der Waals surface area contributed by atoms with Crippen LogP contribution in [-0.2, 0) is 0 Å². The van der Waals surface area contributed by atoms with Gasteiger partial charge in [0.25, 0.3) is 0 Å². The zero-order valence-electron chi connectivity index (χ0n) is 12.3. The minimum atomic E-state index is 1.03. The van der Waals surface area contributed by atoms with E-state index in [-0.39, 0.29) is 0 Å². The molecular formula is C15H23N3S. The van der Waals surface area contributed by atoms with Gasteiger partial charge in [-0.2, -0.15) is 0 Å². The lowest BCUT2D eigenvalue weighted by Gasteiger charge is -2.16. The van der Waals surface area contributed by atoms with Gasteiger partial charge >= 0.3 is 0 Å². The lowest BCUT2D eigenvalue weighted by atomic mass is 10.1. The molecule has 1 N–H and O–H groups in total. The van der Waals surface area contributed by atoms with E-state index in [0.717, 1.165) is 41.6 Å². The second-order valence-electron chi connectivity index (χ2n) is 4.87. The van der Waals surface area contributed by atoms with Crippen molar-refractivity contribution in [2.45, 2.75) is 32.9 Å². The van der Waals surface area contributed by atoms with Gasteiger partial charge in [0, 0.05) is 12.3 Å². The van der Waals surface area contributed by atoms with Crippen LogP contribution in [-0.4, -0.2) is 40.3 Å². The van der Waals surface area contributed by atoms with Crippen molar-refractivity contribution < 1.29 is 0 Å². The third-order valence-corrected chi connectivity index (χ3v) is 4.47. The molecule has 0 aliphatic rings. The molecule has 0 amide bonds. The topological polar surface area (TPSA) is 31.9 Å². The molecule has 3 nitrogen and oxygen atoms in total. The molecule has 1 aromatic heterocycles. The molecule has 0 bridgehead atoms. The van der Waals surface area contributed by atoms with E-state index < -0.39 is 0 Å². The zero-order valence-corrected chi connectivity index (χ0v) is 13.1. The molecule has 0 fully saturated rings. The second kappa shape index (κ2) is 6.44. The molecule has 0 saturated heterocycles. The van der Waals surface area contributed by atoms with Gasteiger partial charge in [-0.25, -0.2) is 4.98 Å². The third kappa shape index (κ3) is 3.51. The largest absolute Gasteiger partial charge is 0.333 e. The molecule has 2 aromatic rings. The number of hydrogen-bond acceptors (Lipinski definition) is 3. The van der Waals surface area contributed by atoms with Crippen LogP contribution in [0, 0.1) is 13.8 Å². The summed E-state index contributed by atoms with van der Waals surface area (Å²) < 4.78 is 0. The molecule has 0 saturated carbocycles. The lowest BCUT2D eigenvalue weighted by Crippen LogP contribution is -2.25. The molecule has 0 aliphatic carbocycles. The number of imidazole rings is 1. The molecule has 0 aliphatic heterocycles.